The Balaban J connectivity index is 2.07. The van der Waals surface area contributed by atoms with Crippen LogP contribution in [0.5, 0.6) is 5.75 Å². The molecule has 21 heavy (non-hydrogen) atoms. The quantitative estimate of drug-likeness (QED) is 0.844. The van der Waals surface area contributed by atoms with E-state index in [1.165, 1.54) is 18.2 Å². The molecule has 1 aromatic rings. The molecule has 1 aliphatic carbocycles. The third-order valence-electron chi connectivity index (χ3n) is 3.24. The number of hydrogen-bond donors (Lipinski definition) is 2. The lowest BCUT2D eigenvalue weighted by Crippen LogP contribution is -2.37. The maximum atomic E-state index is 12.4. The first-order valence-electron chi connectivity index (χ1n) is 6.73. The van der Waals surface area contributed by atoms with E-state index in [9.17, 15) is 18.0 Å². The standard InChI is InChI=1S/C14H17F3N2O2/c15-14(16,17)21-12-4-2-1-3-9(12)7-10(8-18)13(20)19-11-5-6-11/h1-4,10-11H,5-8,18H2,(H,19,20). The van der Waals surface area contributed by atoms with Crippen LogP contribution in [0.4, 0.5) is 13.2 Å². The number of amides is 1. The summed E-state index contributed by atoms with van der Waals surface area (Å²) >= 11 is 0. The van der Waals surface area contributed by atoms with Gasteiger partial charge in [-0.3, -0.25) is 4.79 Å². The number of ether oxygens (including phenoxy) is 1. The monoisotopic (exact) mass is 302 g/mol. The number of nitrogens with one attached hydrogen (secondary N) is 1. The summed E-state index contributed by atoms with van der Waals surface area (Å²) < 4.78 is 41.0. The van der Waals surface area contributed by atoms with Gasteiger partial charge in [0.05, 0.1) is 5.92 Å². The molecule has 1 aromatic carbocycles. The van der Waals surface area contributed by atoms with Crippen LogP contribution in [0, 0.1) is 5.92 Å². The fourth-order valence-corrected chi connectivity index (χ4v) is 1.99. The second kappa shape index (κ2) is 6.34. The first kappa shape index (κ1) is 15.6. The predicted molar refractivity (Wildman–Crippen MR) is 70.5 cm³/mol. The largest absolute Gasteiger partial charge is 0.573 e. The van der Waals surface area contributed by atoms with Crippen molar-refractivity contribution in [3.63, 3.8) is 0 Å². The third kappa shape index (κ3) is 4.93. The Morgan fingerprint density at radius 2 is 2.05 bits per heavy atom. The van der Waals surface area contributed by atoms with Crippen molar-refractivity contribution in [2.24, 2.45) is 11.7 Å². The molecule has 1 fully saturated rings. The van der Waals surface area contributed by atoms with E-state index in [-0.39, 0.29) is 30.7 Å². The number of carbonyl (C=O) groups excluding carboxylic acids is 1. The maximum absolute atomic E-state index is 12.4. The number of benzene rings is 1. The molecule has 0 spiro atoms. The number of halogens is 3. The van der Waals surface area contributed by atoms with E-state index < -0.39 is 12.3 Å². The molecule has 0 bridgehead atoms. The summed E-state index contributed by atoms with van der Waals surface area (Å²) in [5, 5.41) is 2.81. The van der Waals surface area contributed by atoms with E-state index in [0.29, 0.717) is 5.56 Å². The number of para-hydroxylation sites is 1. The number of alkyl halides is 3. The van der Waals surface area contributed by atoms with Crippen molar-refractivity contribution in [1.82, 2.24) is 5.32 Å². The normalized spacial score (nSPS) is 16.4. The van der Waals surface area contributed by atoms with Crippen molar-refractivity contribution in [3.05, 3.63) is 29.8 Å². The molecule has 1 atom stereocenters. The highest BCUT2D eigenvalue weighted by Gasteiger charge is 2.33. The topological polar surface area (TPSA) is 64.3 Å². The molecule has 116 valence electrons. The van der Waals surface area contributed by atoms with Crippen LogP contribution in [0.15, 0.2) is 24.3 Å². The molecule has 0 heterocycles. The number of carbonyl (C=O) groups is 1. The second-order valence-electron chi connectivity index (χ2n) is 5.08. The molecule has 7 heteroatoms. The minimum Gasteiger partial charge on any atom is -0.406 e. The molecule has 0 aromatic heterocycles. The SMILES string of the molecule is NCC(Cc1ccccc1OC(F)(F)F)C(=O)NC1CC1. The predicted octanol–water partition coefficient (Wildman–Crippen LogP) is 1.98. The zero-order valence-corrected chi connectivity index (χ0v) is 11.3. The van der Waals surface area contributed by atoms with Crippen molar-refractivity contribution in [2.75, 3.05) is 6.54 Å². The Hall–Kier alpha value is -1.76. The summed E-state index contributed by atoms with van der Waals surface area (Å²) in [5.74, 6) is -1.08. The molecular weight excluding hydrogens is 285 g/mol. The van der Waals surface area contributed by atoms with Gasteiger partial charge in [-0.15, -0.1) is 13.2 Å². The van der Waals surface area contributed by atoms with Crippen LogP contribution in [0.1, 0.15) is 18.4 Å². The van der Waals surface area contributed by atoms with Gasteiger partial charge in [0.1, 0.15) is 5.75 Å². The lowest BCUT2D eigenvalue weighted by molar-refractivity contribution is -0.274. The smallest absolute Gasteiger partial charge is 0.406 e. The minimum absolute atomic E-state index is 0.0684. The Bertz CT molecular complexity index is 501. The van der Waals surface area contributed by atoms with Crippen LogP contribution < -0.4 is 15.8 Å². The molecule has 3 N–H and O–H groups in total. The highest BCUT2D eigenvalue weighted by Crippen LogP contribution is 2.28. The summed E-state index contributed by atoms with van der Waals surface area (Å²) in [7, 11) is 0. The van der Waals surface area contributed by atoms with Crippen molar-refractivity contribution >= 4 is 5.91 Å². The van der Waals surface area contributed by atoms with E-state index in [0.717, 1.165) is 12.8 Å². The molecular formula is C14H17F3N2O2. The first-order valence-corrected chi connectivity index (χ1v) is 6.73. The lowest BCUT2D eigenvalue weighted by Gasteiger charge is -2.18. The van der Waals surface area contributed by atoms with Crippen molar-refractivity contribution in [3.8, 4) is 5.75 Å². The van der Waals surface area contributed by atoms with Crippen molar-refractivity contribution < 1.29 is 22.7 Å². The number of hydrogen-bond acceptors (Lipinski definition) is 3. The molecule has 1 aliphatic rings. The average Bonchev–Trinajstić information content (AvgIpc) is 3.19. The Labute approximate surface area is 120 Å². The molecule has 1 unspecified atom stereocenters. The van der Waals surface area contributed by atoms with Gasteiger partial charge in [0, 0.05) is 12.6 Å². The molecule has 0 radical (unpaired) electrons. The van der Waals surface area contributed by atoms with E-state index in [4.69, 9.17) is 5.73 Å². The van der Waals surface area contributed by atoms with Crippen LogP contribution in [0.3, 0.4) is 0 Å². The average molecular weight is 302 g/mol. The lowest BCUT2D eigenvalue weighted by atomic mass is 9.98. The van der Waals surface area contributed by atoms with Gasteiger partial charge in [0.2, 0.25) is 5.91 Å². The van der Waals surface area contributed by atoms with E-state index >= 15 is 0 Å². The van der Waals surface area contributed by atoms with Crippen molar-refractivity contribution in [2.45, 2.75) is 31.7 Å². The van der Waals surface area contributed by atoms with Gasteiger partial charge in [-0.1, -0.05) is 18.2 Å². The van der Waals surface area contributed by atoms with Crippen LogP contribution in [-0.2, 0) is 11.2 Å². The third-order valence-corrected chi connectivity index (χ3v) is 3.24. The summed E-state index contributed by atoms with van der Waals surface area (Å²) in [6.45, 7) is 0.0684. The summed E-state index contributed by atoms with van der Waals surface area (Å²) in [5.41, 5.74) is 5.89. The van der Waals surface area contributed by atoms with Gasteiger partial charge in [-0.2, -0.15) is 0 Å². The van der Waals surface area contributed by atoms with Gasteiger partial charge >= 0.3 is 6.36 Å². The molecule has 0 saturated heterocycles. The fourth-order valence-electron chi connectivity index (χ4n) is 1.99. The fraction of sp³-hybridized carbons (Fsp3) is 0.500. The Morgan fingerprint density at radius 3 is 2.62 bits per heavy atom. The zero-order valence-electron chi connectivity index (χ0n) is 11.3. The zero-order chi connectivity index (χ0) is 15.5. The van der Waals surface area contributed by atoms with Crippen molar-refractivity contribution in [1.29, 1.82) is 0 Å². The van der Waals surface area contributed by atoms with Crippen LogP contribution >= 0.6 is 0 Å². The number of rotatable bonds is 6. The highest BCUT2D eigenvalue weighted by molar-refractivity contribution is 5.79. The van der Waals surface area contributed by atoms with Crippen LogP contribution in [0.25, 0.3) is 0 Å². The number of nitrogens with two attached hydrogens (primary N) is 1. The second-order valence-corrected chi connectivity index (χ2v) is 5.08. The van der Waals surface area contributed by atoms with Gasteiger partial charge < -0.3 is 15.8 Å². The van der Waals surface area contributed by atoms with Gasteiger partial charge in [0.15, 0.2) is 0 Å². The Morgan fingerprint density at radius 1 is 1.38 bits per heavy atom. The molecule has 4 nitrogen and oxygen atoms in total. The summed E-state index contributed by atoms with van der Waals surface area (Å²) in [6, 6.07) is 5.98. The van der Waals surface area contributed by atoms with Gasteiger partial charge in [0.25, 0.3) is 0 Å². The molecule has 0 aliphatic heterocycles. The maximum Gasteiger partial charge on any atom is 0.573 e. The Kier molecular flexibility index (Phi) is 4.72. The van der Waals surface area contributed by atoms with Crippen LogP contribution in [0.2, 0.25) is 0 Å². The van der Waals surface area contributed by atoms with E-state index in [1.54, 1.807) is 6.07 Å². The van der Waals surface area contributed by atoms with Gasteiger partial charge in [-0.25, -0.2) is 0 Å². The first-order chi connectivity index (χ1) is 9.89. The summed E-state index contributed by atoms with van der Waals surface area (Å²) in [6.07, 6.45) is -2.76. The minimum atomic E-state index is -4.76. The van der Waals surface area contributed by atoms with Crippen LogP contribution in [-0.4, -0.2) is 24.9 Å². The van der Waals surface area contributed by atoms with Gasteiger partial charge in [-0.05, 0) is 30.9 Å². The molecule has 2 rings (SSSR count). The summed E-state index contributed by atoms with van der Waals surface area (Å²) in [4.78, 5) is 12.0. The van der Waals surface area contributed by atoms with E-state index in [2.05, 4.69) is 10.1 Å². The van der Waals surface area contributed by atoms with E-state index in [1.807, 2.05) is 0 Å². The molecule has 1 saturated carbocycles. The highest BCUT2D eigenvalue weighted by atomic mass is 19.4. The molecule has 1 amide bonds.